The molecule has 10 heteroatoms. The molecule has 1 aliphatic rings. The zero-order valence-corrected chi connectivity index (χ0v) is 17.5. The van der Waals surface area contributed by atoms with Crippen LogP contribution in [0.5, 0.6) is 17.2 Å². The number of ether oxygens (including phenoxy) is 3. The molecule has 0 radical (unpaired) electrons. The van der Waals surface area contributed by atoms with Crippen LogP contribution in [-0.2, 0) is 24.3 Å². The molecule has 1 fully saturated rings. The Balaban J connectivity index is 1.43. The van der Waals surface area contributed by atoms with E-state index in [9.17, 15) is 23.4 Å². The summed E-state index contributed by atoms with van der Waals surface area (Å²) in [5.41, 5.74) is 0.524. The molecule has 1 aliphatic heterocycles. The molecule has 31 heavy (non-hydrogen) atoms. The summed E-state index contributed by atoms with van der Waals surface area (Å²) in [6, 6.07) is 10.2. The first kappa shape index (κ1) is 22.6. The SMILES string of the molecule is O=C(C=Cc1ccc(O)c(O)c1)OCCOc1ccc(S(=O)(=O)N2CCOCC2)cc1. The zero-order valence-electron chi connectivity index (χ0n) is 16.6. The number of hydrogen-bond donors (Lipinski definition) is 2. The molecule has 0 atom stereocenters. The summed E-state index contributed by atoms with van der Waals surface area (Å²) in [6.07, 6.45) is 2.63. The van der Waals surface area contributed by atoms with Gasteiger partial charge in [0.15, 0.2) is 11.5 Å². The molecule has 9 nitrogen and oxygen atoms in total. The van der Waals surface area contributed by atoms with Crippen LogP contribution in [-0.4, -0.2) is 68.4 Å². The minimum absolute atomic E-state index is 0.00215. The summed E-state index contributed by atoms with van der Waals surface area (Å²) in [7, 11) is -3.56. The predicted molar refractivity (Wildman–Crippen MR) is 111 cm³/mol. The van der Waals surface area contributed by atoms with Gasteiger partial charge in [-0.15, -0.1) is 0 Å². The first-order valence-electron chi connectivity index (χ1n) is 9.54. The molecule has 0 spiro atoms. The molecule has 3 rings (SSSR count). The molecule has 0 bridgehead atoms. The Kier molecular flexibility index (Phi) is 7.50. The maximum atomic E-state index is 12.6. The average molecular weight is 449 g/mol. The number of morpholine rings is 1. The van der Waals surface area contributed by atoms with Crippen molar-refractivity contribution in [1.82, 2.24) is 4.31 Å². The van der Waals surface area contributed by atoms with E-state index in [0.29, 0.717) is 37.6 Å². The number of esters is 1. The molecule has 0 aromatic heterocycles. The third-order valence-corrected chi connectivity index (χ3v) is 6.35. The molecule has 0 unspecified atom stereocenters. The summed E-state index contributed by atoms with van der Waals surface area (Å²) >= 11 is 0. The van der Waals surface area contributed by atoms with Gasteiger partial charge in [-0.05, 0) is 48.0 Å². The van der Waals surface area contributed by atoms with Crippen molar-refractivity contribution in [3.8, 4) is 17.2 Å². The fourth-order valence-electron chi connectivity index (χ4n) is 2.80. The van der Waals surface area contributed by atoms with Gasteiger partial charge >= 0.3 is 5.97 Å². The van der Waals surface area contributed by atoms with Gasteiger partial charge < -0.3 is 24.4 Å². The second kappa shape index (κ2) is 10.3. The van der Waals surface area contributed by atoms with Crippen LogP contribution in [0.2, 0.25) is 0 Å². The summed E-state index contributed by atoms with van der Waals surface area (Å²) in [4.78, 5) is 11.9. The predicted octanol–water partition coefficient (Wildman–Crippen LogP) is 1.75. The van der Waals surface area contributed by atoms with Crippen LogP contribution in [0.15, 0.2) is 53.4 Å². The Morgan fingerprint density at radius 2 is 1.74 bits per heavy atom. The van der Waals surface area contributed by atoms with Crippen molar-refractivity contribution in [1.29, 1.82) is 0 Å². The molecule has 0 amide bonds. The zero-order chi connectivity index (χ0) is 22.3. The lowest BCUT2D eigenvalue weighted by Gasteiger charge is -2.26. The molecule has 2 aromatic rings. The Hall–Kier alpha value is -3.08. The van der Waals surface area contributed by atoms with Crippen molar-refractivity contribution in [2.75, 3.05) is 39.5 Å². The van der Waals surface area contributed by atoms with Crippen molar-refractivity contribution in [3.05, 3.63) is 54.1 Å². The number of sulfonamides is 1. The summed E-state index contributed by atoms with van der Waals surface area (Å²) < 4.78 is 42.2. The second-order valence-electron chi connectivity index (χ2n) is 6.59. The van der Waals surface area contributed by atoms with Gasteiger partial charge in [-0.25, -0.2) is 13.2 Å². The topological polar surface area (TPSA) is 123 Å². The maximum Gasteiger partial charge on any atom is 0.330 e. The molecule has 1 saturated heterocycles. The normalized spacial score (nSPS) is 15.1. The minimum atomic E-state index is -3.56. The molecular weight excluding hydrogens is 426 g/mol. The molecular formula is C21H23NO8S. The number of phenolic OH excluding ortho intramolecular Hbond substituents is 2. The van der Waals surface area contributed by atoms with E-state index in [1.807, 2.05) is 0 Å². The van der Waals surface area contributed by atoms with Crippen molar-refractivity contribution < 1.29 is 37.6 Å². The number of aromatic hydroxyl groups is 2. The number of benzene rings is 2. The van der Waals surface area contributed by atoms with E-state index in [4.69, 9.17) is 14.2 Å². The van der Waals surface area contributed by atoms with Crippen LogP contribution in [0.3, 0.4) is 0 Å². The highest BCUT2D eigenvalue weighted by molar-refractivity contribution is 7.89. The Bertz CT molecular complexity index is 1030. The van der Waals surface area contributed by atoms with Gasteiger partial charge in [-0.1, -0.05) is 6.07 Å². The highest BCUT2D eigenvalue weighted by Gasteiger charge is 2.26. The Labute approximate surface area is 180 Å². The van der Waals surface area contributed by atoms with Gasteiger partial charge in [0.25, 0.3) is 0 Å². The van der Waals surface area contributed by atoms with E-state index in [-0.39, 0.29) is 29.6 Å². The number of hydrogen-bond acceptors (Lipinski definition) is 8. The molecule has 0 saturated carbocycles. The molecule has 166 valence electrons. The van der Waals surface area contributed by atoms with E-state index >= 15 is 0 Å². The number of rotatable bonds is 8. The minimum Gasteiger partial charge on any atom is -0.504 e. The van der Waals surface area contributed by atoms with Gasteiger partial charge in [0.05, 0.1) is 18.1 Å². The number of carbonyl (C=O) groups excluding carboxylic acids is 1. The van der Waals surface area contributed by atoms with Crippen LogP contribution in [0, 0.1) is 0 Å². The lowest BCUT2D eigenvalue weighted by Crippen LogP contribution is -2.40. The van der Waals surface area contributed by atoms with E-state index in [2.05, 4.69) is 0 Å². The van der Waals surface area contributed by atoms with Crippen LogP contribution in [0.1, 0.15) is 5.56 Å². The first-order chi connectivity index (χ1) is 14.9. The third kappa shape index (κ3) is 6.20. The fraction of sp³-hybridized carbons (Fsp3) is 0.286. The van der Waals surface area contributed by atoms with Gasteiger partial charge in [0, 0.05) is 19.2 Å². The number of carbonyl (C=O) groups is 1. The summed E-state index contributed by atoms with van der Waals surface area (Å²) in [5.74, 6) is -0.675. The smallest absolute Gasteiger partial charge is 0.330 e. The average Bonchev–Trinajstić information content (AvgIpc) is 2.78. The standard InChI is InChI=1S/C21H23NO8S/c23-19-7-1-16(15-20(19)24)2-8-21(25)30-14-13-29-17-3-5-18(6-4-17)31(26,27)22-9-11-28-12-10-22/h1-8,15,23-24H,9-14H2. The highest BCUT2D eigenvalue weighted by Crippen LogP contribution is 2.25. The van der Waals surface area contributed by atoms with E-state index in [0.717, 1.165) is 0 Å². The fourth-order valence-corrected chi connectivity index (χ4v) is 4.21. The van der Waals surface area contributed by atoms with E-state index in [1.54, 1.807) is 12.1 Å². The van der Waals surface area contributed by atoms with Crippen molar-refractivity contribution >= 4 is 22.1 Å². The van der Waals surface area contributed by atoms with E-state index in [1.165, 1.54) is 46.8 Å². The first-order valence-corrected chi connectivity index (χ1v) is 11.0. The van der Waals surface area contributed by atoms with E-state index < -0.39 is 16.0 Å². The summed E-state index contributed by atoms with van der Waals surface area (Å²) in [6.45, 7) is 1.51. The maximum absolute atomic E-state index is 12.6. The Morgan fingerprint density at radius 3 is 2.42 bits per heavy atom. The lowest BCUT2D eigenvalue weighted by atomic mass is 10.2. The lowest BCUT2D eigenvalue weighted by molar-refractivity contribution is -0.138. The van der Waals surface area contributed by atoms with Crippen molar-refractivity contribution in [2.24, 2.45) is 0 Å². The quantitative estimate of drug-likeness (QED) is 0.271. The number of nitrogens with zero attached hydrogens (tertiary/aromatic N) is 1. The van der Waals surface area contributed by atoms with Gasteiger partial charge in [0.1, 0.15) is 19.0 Å². The van der Waals surface area contributed by atoms with Crippen LogP contribution in [0.25, 0.3) is 6.08 Å². The Morgan fingerprint density at radius 1 is 1.03 bits per heavy atom. The number of phenols is 2. The molecule has 1 heterocycles. The monoisotopic (exact) mass is 449 g/mol. The van der Waals surface area contributed by atoms with Crippen LogP contribution < -0.4 is 4.74 Å². The van der Waals surface area contributed by atoms with Gasteiger partial charge in [-0.2, -0.15) is 4.31 Å². The van der Waals surface area contributed by atoms with Crippen LogP contribution in [0.4, 0.5) is 0 Å². The molecule has 2 N–H and O–H groups in total. The summed E-state index contributed by atoms with van der Waals surface area (Å²) in [5, 5.41) is 18.7. The van der Waals surface area contributed by atoms with Gasteiger partial charge in [0.2, 0.25) is 10.0 Å². The van der Waals surface area contributed by atoms with Gasteiger partial charge in [-0.3, -0.25) is 0 Å². The van der Waals surface area contributed by atoms with Crippen molar-refractivity contribution in [3.63, 3.8) is 0 Å². The molecule has 0 aliphatic carbocycles. The second-order valence-corrected chi connectivity index (χ2v) is 8.52. The third-order valence-electron chi connectivity index (χ3n) is 4.44. The largest absolute Gasteiger partial charge is 0.504 e. The van der Waals surface area contributed by atoms with Crippen molar-refractivity contribution in [2.45, 2.75) is 4.90 Å². The van der Waals surface area contributed by atoms with Crippen LogP contribution >= 0.6 is 0 Å². The molecule has 2 aromatic carbocycles. The highest BCUT2D eigenvalue weighted by atomic mass is 32.2.